The summed E-state index contributed by atoms with van der Waals surface area (Å²) < 4.78 is 6.45. The van der Waals surface area contributed by atoms with Crippen molar-refractivity contribution in [1.29, 1.82) is 0 Å². The second kappa shape index (κ2) is 8.70. The van der Waals surface area contributed by atoms with Gasteiger partial charge in [-0.2, -0.15) is 0 Å². The molecule has 1 aliphatic rings. The predicted octanol–water partition coefficient (Wildman–Crippen LogP) is 8.67. The maximum atomic E-state index is 6.45. The Morgan fingerprint density at radius 2 is 1.57 bits per heavy atom. The molecule has 6 aromatic rings. The summed E-state index contributed by atoms with van der Waals surface area (Å²) in [7, 11) is 0. The molecule has 0 aliphatic heterocycles. The highest BCUT2D eigenvalue weighted by molar-refractivity contribution is 6.07. The molecular formula is C34H28N2O. The molecule has 0 fully saturated rings. The summed E-state index contributed by atoms with van der Waals surface area (Å²) >= 11 is 0. The van der Waals surface area contributed by atoms with Gasteiger partial charge < -0.3 is 4.42 Å². The van der Waals surface area contributed by atoms with Crippen LogP contribution in [0.15, 0.2) is 95.7 Å². The third kappa shape index (κ3) is 3.65. The number of benzene rings is 3. The van der Waals surface area contributed by atoms with E-state index in [2.05, 4.69) is 86.6 Å². The van der Waals surface area contributed by atoms with Crippen LogP contribution in [0.1, 0.15) is 30.7 Å². The summed E-state index contributed by atoms with van der Waals surface area (Å²) in [4.78, 5) is 9.87. The smallest absolute Gasteiger partial charge is 0.138 e. The number of hydrogen-bond donors (Lipinski definition) is 0. The van der Waals surface area contributed by atoms with E-state index in [-0.39, 0.29) is 0 Å². The predicted molar refractivity (Wildman–Crippen MR) is 152 cm³/mol. The zero-order valence-corrected chi connectivity index (χ0v) is 21.2. The van der Waals surface area contributed by atoms with Gasteiger partial charge in [0.25, 0.3) is 0 Å². The largest absolute Gasteiger partial charge is 0.460 e. The lowest BCUT2D eigenvalue weighted by Crippen LogP contribution is -2.09. The van der Waals surface area contributed by atoms with Crippen LogP contribution >= 0.6 is 0 Å². The first kappa shape index (κ1) is 22.0. The quantitative estimate of drug-likeness (QED) is 0.253. The van der Waals surface area contributed by atoms with E-state index >= 15 is 0 Å². The van der Waals surface area contributed by atoms with Crippen LogP contribution in [0.5, 0.6) is 0 Å². The van der Waals surface area contributed by atoms with Crippen molar-refractivity contribution in [3.8, 4) is 33.6 Å². The molecule has 0 amide bonds. The molecule has 0 unspecified atom stereocenters. The number of hydrogen-bond acceptors (Lipinski definition) is 3. The van der Waals surface area contributed by atoms with Crippen LogP contribution in [-0.2, 0) is 19.3 Å². The number of pyridine rings is 2. The first-order valence-electron chi connectivity index (χ1n) is 13.1. The highest BCUT2D eigenvalue weighted by atomic mass is 16.3. The van der Waals surface area contributed by atoms with Crippen molar-refractivity contribution >= 4 is 21.7 Å². The third-order valence-corrected chi connectivity index (χ3v) is 7.51. The lowest BCUT2D eigenvalue weighted by Gasteiger charge is -2.19. The van der Waals surface area contributed by atoms with Gasteiger partial charge in [-0.25, -0.2) is 0 Å². The Hall–Kier alpha value is -4.24. The number of aromatic nitrogens is 2. The zero-order valence-electron chi connectivity index (χ0n) is 21.2. The second-order valence-electron chi connectivity index (χ2n) is 10.4. The summed E-state index contributed by atoms with van der Waals surface area (Å²) in [6, 6.07) is 27.9. The van der Waals surface area contributed by atoms with Crippen LogP contribution in [0.3, 0.4) is 0 Å². The first-order valence-corrected chi connectivity index (χ1v) is 13.1. The summed E-state index contributed by atoms with van der Waals surface area (Å²) in [6.07, 6.45) is 6.75. The minimum absolute atomic E-state index is 0.597. The Morgan fingerprint density at radius 3 is 2.43 bits per heavy atom. The van der Waals surface area contributed by atoms with Crippen LogP contribution in [0.25, 0.3) is 55.4 Å². The molecule has 37 heavy (non-hydrogen) atoms. The Bertz CT molecular complexity index is 1780. The molecule has 0 saturated carbocycles. The summed E-state index contributed by atoms with van der Waals surface area (Å²) in [5, 5.41) is 3.51. The molecule has 3 heterocycles. The Labute approximate surface area is 216 Å². The fraction of sp³-hybridized carbons (Fsp3) is 0.176. The maximum absolute atomic E-state index is 6.45. The van der Waals surface area contributed by atoms with E-state index in [1.807, 2.05) is 18.5 Å². The Balaban J connectivity index is 1.50. The standard InChI is InChI=1S/C34H28N2O/c1-21(2)18-24-14-16-36-34-27(24)12-13-29-32(34)31-30(37-29)15-17-35-33(31)25-19-23-10-6-7-11-26(23)28(20-25)22-8-4-3-5-9-22/h3-11,14-17,19-21H,12-13,18H2,1-2H3. The molecule has 0 spiro atoms. The van der Waals surface area contributed by atoms with Crippen molar-refractivity contribution in [2.45, 2.75) is 33.1 Å². The Morgan fingerprint density at radius 1 is 0.784 bits per heavy atom. The van der Waals surface area contributed by atoms with Crippen LogP contribution in [0.2, 0.25) is 0 Å². The second-order valence-corrected chi connectivity index (χ2v) is 10.4. The van der Waals surface area contributed by atoms with Gasteiger partial charge in [0.2, 0.25) is 0 Å². The molecule has 180 valence electrons. The van der Waals surface area contributed by atoms with E-state index in [1.165, 1.54) is 33.0 Å². The fourth-order valence-corrected chi connectivity index (χ4v) is 5.94. The number of rotatable bonds is 4. The van der Waals surface area contributed by atoms with Crippen molar-refractivity contribution in [2.24, 2.45) is 5.92 Å². The molecule has 0 bridgehead atoms. The number of aryl methyl sites for hydroxylation is 1. The van der Waals surface area contributed by atoms with Gasteiger partial charge >= 0.3 is 0 Å². The molecule has 0 atom stereocenters. The normalized spacial score (nSPS) is 12.7. The van der Waals surface area contributed by atoms with E-state index in [0.29, 0.717) is 5.92 Å². The average Bonchev–Trinajstić information content (AvgIpc) is 3.32. The highest BCUT2D eigenvalue weighted by Crippen LogP contribution is 2.45. The molecule has 3 aromatic carbocycles. The van der Waals surface area contributed by atoms with Gasteiger partial charge in [-0.3, -0.25) is 9.97 Å². The number of nitrogens with zero attached hydrogens (tertiary/aromatic N) is 2. The lowest BCUT2D eigenvalue weighted by molar-refractivity contribution is 0.543. The van der Waals surface area contributed by atoms with E-state index in [4.69, 9.17) is 14.4 Å². The van der Waals surface area contributed by atoms with Gasteiger partial charge in [-0.1, -0.05) is 68.4 Å². The molecule has 3 aromatic heterocycles. The molecule has 3 nitrogen and oxygen atoms in total. The molecule has 0 N–H and O–H groups in total. The molecule has 0 saturated heterocycles. The summed E-state index contributed by atoms with van der Waals surface area (Å²) in [6.45, 7) is 4.56. The monoisotopic (exact) mass is 480 g/mol. The van der Waals surface area contributed by atoms with Crippen LogP contribution in [-0.4, -0.2) is 9.97 Å². The molecule has 0 radical (unpaired) electrons. The van der Waals surface area contributed by atoms with Crippen molar-refractivity contribution in [2.75, 3.05) is 0 Å². The van der Waals surface area contributed by atoms with Gasteiger partial charge in [-0.15, -0.1) is 0 Å². The number of furan rings is 1. The molecule has 7 rings (SSSR count). The maximum Gasteiger partial charge on any atom is 0.138 e. The third-order valence-electron chi connectivity index (χ3n) is 7.51. The van der Waals surface area contributed by atoms with Crippen molar-refractivity contribution in [3.63, 3.8) is 0 Å². The van der Waals surface area contributed by atoms with Gasteiger partial charge in [0.1, 0.15) is 11.3 Å². The molecule has 1 aliphatic carbocycles. The van der Waals surface area contributed by atoms with E-state index in [0.717, 1.165) is 58.5 Å². The Kier molecular flexibility index (Phi) is 5.17. The fourth-order valence-electron chi connectivity index (χ4n) is 5.94. The van der Waals surface area contributed by atoms with Crippen molar-refractivity contribution in [1.82, 2.24) is 9.97 Å². The van der Waals surface area contributed by atoms with Gasteiger partial charge in [-0.05, 0) is 76.1 Å². The van der Waals surface area contributed by atoms with Gasteiger partial charge in [0, 0.05) is 24.4 Å². The SMILES string of the molecule is CC(C)Cc1ccnc2c1CCc1oc3ccnc(-c4cc(-c5ccccc5)c5ccccc5c4)c3c1-2. The van der Waals surface area contributed by atoms with Gasteiger partial charge in [0.15, 0.2) is 0 Å². The summed E-state index contributed by atoms with van der Waals surface area (Å²) in [5.74, 6) is 1.62. The van der Waals surface area contributed by atoms with E-state index in [9.17, 15) is 0 Å². The zero-order chi connectivity index (χ0) is 24.9. The lowest BCUT2D eigenvalue weighted by atomic mass is 9.86. The minimum Gasteiger partial charge on any atom is -0.460 e. The van der Waals surface area contributed by atoms with E-state index in [1.54, 1.807) is 0 Å². The molecule has 3 heteroatoms. The molecular weight excluding hydrogens is 452 g/mol. The highest BCUT2D eigenvalue weighted by Gasteiger charge is 2.28. The van der Waals surface area contributed by atoms with Crippen LogP contribution in [0.4, 0.5) is 0 Å². The van der Waals surface area contributed by atoms with Gasteiger partial charge in [0.05, 0.1) is 22.3 Å². The topological polar surface area (TPSA) is 38.9 Å². The summed E-state index contributed by atoms with van der Waals surface area (Å²) in [5.41, 5.74) is 10.3. The average molecular weight is 481 g/mol. The first-order chi connectivity index (χ1) is 18.2. The van der Waals surface area contributed by atoms with Crippen LogP contribution < -0.4 is 0 Å². The van der Waals surface area contributed by atoms with Crippen molar-refractivity contribution < 1.29 is 4.42 Å². The van der Waals surface area contributed by atoms with Crippen LogP contribution in [0, 0.1) is 5.92 Å². The van der Waals surface area contributed by atoms with Crippen molar-refractivity contribution in [3.05, 3.63) is 108 Å². The number of fused-ring (bicyclic) bond motifs is 6. The van der Waals surface area contributed by atoms with E-state index < -0.39 is 0 Å². The minimum atomic E-state index is 0.597.